The second kappa shape index (κ2) is 7.83. The van der Waals surface area contributed by atoms with Crippen molar-refractivity contribution in [2.75, 3.05) is 12.3 Å². The third kappa shape index (κ3) is 4.28. The monoisotopic (exact) mass is 356 g/mol. The number of carbonyl (C=O) groups is 1. The zero-order valence-electron chi connectivity index (χ0n) is 14.4. The number of likely N-dealkylation sites (tertiary alicyclic amines) is 1. The number of carbonyl (C=O) groups excluding carboxylic acids is 1. The van der Waals surface area contributed by atoms with Gasteiger partial charge < -0.3 is 15.4 Å². The molecule has 0 saturated carbocycles. The summed E-state index contributed by atoms with van der Waals surface area (Å²) in [6, 6.07) is 15.5. The van der Waals surface area contributed by atoms with Gasteiger partial charge in [-0.05, 0) is 42.0 Å². The lowest BCUT2D eigenvalue weighted by molar-refractivity contribution is 0.0564. The number of anilines is 1. The van der Waals surface area contributed by atoms with Gasteiger partial charge in [0.15, 0.2) is 0 Å². The molecule has 0 aliphatic carbocycles. The van der Waals surface area contributed by atoms with Gasteiger partial charge in [-0.2, -0.15) is 0 Å². The zero-order chi connectivity index (χ0) is 17.8. The lowest BCUT2D eigenvalue weighted by atomic mass is 9.90. The number of rotatable bonds is 3. The predicted octanol–water partition coefficient (Wildman–Crippen LogP) is 4.67. The van der Waals surface area contributed by atoms with Gasteiger partial charge in [0.1, 0.15) is 6.61 Å². The fourth-order valence-electron chi connectivity index (χ4n) is 3.28. The second-order valence-corrected chi connectivity index (χ2v) is 7.19. The Morgan fingerprint density at radius 1 is 1.24 bits per heavy atom. The van der Waals surface area contributed by atoms with Crippen LogP contribution in [0.4, 0.5) is 10.5 Å². The van der Waals surface area contributed by atoms with Crippen LogP contribution in [-0.4, -0.2) is 17.5 Å². The summed E-state index contributed by atoms with van der Waals surface area (Å²) in [5.41, 5.74) is 8.66. The van der Waals surface area contributed by atoms with Crippen molar-refractivity contribution in [2.45, 2.75) is 37.3 Å². The van der Waals surface area contributed by atoms with Gasteiger partial charge in [-0.1, -0.05) is 43.3 Å². The van der Waals surface area contributed by atoms with E-state index in [2.05, 4.69) is 19.6 Å². The molecule has 3 rings (SSSR count). The first-order valence-corrected chi connectivity index (χ1v) is 9.05. The van der Waals surface area contributed by atoms with Crippen molar-refractivity contribution < 1.29 is 9.53 Å². The Bertz CT molecular complexity index is 736. The summed E-state index contributed by atoms with van der Waals surface area (Å²) in [6.07, 6.45) is 1.72. The molecule has 2 aromatic rings. The minimum absolute atomic E-state index is 0.00398. The summed E-state index contributed by atoms with van der Waals surface area (Å²) in [5.74, 6) is 0.460. The Labute approximate surface area is 154 Å². The van der Waals surface area contributed by atoms with E-state index in [1.54, 1.807) is 0 Å². The molecule has 0 aromatic heterocycles. The van der Waals surface area contributed by atoms with Crippen molar-refractivity contribution in [3.05, 3.63) is 59.7 Å². The highest BCUT2D eigenvalue weighted by Crippen LogP contribution is 2.35. The van der Waals surface area contributed by atoms with Gasteiger partial charge in [0.05, 0.1) is 6.04 Å². The number of thiol groups is 1. The van der Waals surface area contributed by atoms with Gasteiger partial charge in [0.2, 0.25) is 0 Å². The standard InChI is InChI=1S/C20H24N2O2S/c1-14-7-9-18(16-8-10-19(25)17(21)11-16)22(12-14)20(23)24-13-15-5-3-2-4-6-15/h2-6,8,10-11,14,18,25H,7,9,12-13,21H2,1H3/t14-,18+/m0/s1. The minimum atomic E-state index is -0.270. The largest absolute Gasteiger partial charge is 0.445 e. The normalized spacial score (nSPS) is 20.3. The Kier molecular flexibility index (Phi) is 5.53. The molecule has 2 atom stereocenters. The van der Waals surface area contributed by atoms with Crippen LogP contribution in [-0.2, 0) is 11.3 Å². The average Bonchev–Trinajstić information content (AvgIpc) is 2.63. The van der Waals surface area contributed by atoms with E-state index in [0.29, 0.717) is 18.2 Å². The van der Waals surface area contributed by atoms with E-state index < -0.39 is 0 Å². The maximum atomic E-state index is 12.7. The van der Waals surface area contributed by atoms with E-state index in [4.69, 9.17) is 10.5 Å². The van der Waals surface area contributed by atoms with Crippen LogP contribution in [0.15, 0.2) is 53.4 Å². The first kappa shape index (κ1) is 17.7. The summed E-state index contributed by atoms with van der Waals surface area (Å²) < 4.78 is 5.56. The number of amides is 1. The van der Waals surface area contributed by atoms with Crippen molar-refractivity contribution >= 4 is 24.4 Å². The number of hydrogen-bond donors (Lipinski definition) is 2. The highest BCUT2D eigenvalue weighted by molar-refractivity contribution is 7.80. The maximum Gasteiger partial charge on any atom is 0.410 e. The molecule has 0 radical (unpaired) electrons. The van der Waals surface area contributed by atoms with E-state index in [9.17, 15) is 4.79 Å². The van der Waals surface area contributed by atoms with Crippen LogP contribution in [0.5, 0.6) is 0 Å². The van der Waals surface area contributed by atoms with Crippen molar-refractivity contribution in [2.24, 2.45) is 5.92 Å². The van der Waals surface area contributed by atoms with Crippen LogP contribution in [0.3, 0.4) is 0 Å². The molecule has 1 saturated heterocycles. The van der Waals surface area contributed by atoms with Gasteiger partial charge >= 0.3 is 6.09 Å². The number of nitrogens with two attached hydrogens (primary N) is 1. The summed E-state index contributed by atoms with van der Waals surface area (Å²) in [4.78, 5) is 15.3. The lowest BCUT2D eigenvalue weighted by Gasteiger charge is -2.38. The first-order chi connectivity index (χ1) is 12.0. The van der Waals surface area contributed by atoms with Crippen LogP contribution in [0.2, 0.25) is 0 Å². The molecule has 5 heteroatoms. The average molecular weight is 356 g/mol. The summed E-state index contributed by atoms with van der Waals surface area (Å²) in [5, 5.41) is 0. The molecule has 1 aliphatic heterocycles. The highest BCUT2D eigenvalue weighted by atomic mass is 32.1. The third-order valence-corrected chi connectivity index (χ3v) is 5.10. The Morgan fingerprint density at radius 3 is 2.72 bits per heavy atom. The molecule has 25 heavy (non-hydrogen) atoms. The van der Waals surface area contributed by atoms with Crippen molar-refractivity contribution in [3.63, 3.8) is 0 Å². The molecule has 1 amide bonds. The molecule has 0 bridgehead atoms. The minimum Gasteiger partial charge on any atom is -0.445 e. The molecular formula is C20H24N2O2S. The summed E-state index contributed by atoms with van der Waals surface area (Å²) in [7, 11) is 0. The second-order valence-electron chi connectivity index (χ2n) is 6.71. The van der Waals surface area contributed by atoms with Gasteiger partial charge in [-0.15, -0.1) is 12.6 Å². The molecule has 132 valence electrons. The molecule has 2 aromatic carbocycles. The topological polar surface area (TPSA) is 55.6 Å². The van der Waals surface area contributed by atoms with Gasteiger partial charge in [-0.25, -0.2) is 4.79 Å². The molecular weight excluding hydrogens is 332 g/mol. The summed E-state index contributed by atoms with van der Waals surface area (Å²) in [6.45, 7) is 3.15. The van der Waals surface area contributed by atoms with Crippen LogP contribution < -0.4 is 5.73 Å². The summed E-state index contributed by atoms with van der Waals surface area (Å²) >= 11 is 4.33. The van der Waals surface area contributed by atoms with Gasteiger partial charge in [-0.3, -0.25) is 0 Å². The first-order valence-electron chi connectivity index (χ1n) is 8.60. The number of ether oxygens (including phenoxy) is 1. The van der Waals surface area contributed by atoms with Crippen LogP contribution >= 0.6 is 12.6 Å². The molecule has 0 spiro atoms. The lowest BCUT2D eigenvalue weighted by Crippen LogP contribution is -2.41. The SMILES string of the molecule is C[C@H]1CC[C@H](c2ccc(S)c(N)c2)N(C(=O)OCc2ccccc2)C1. The van der Waals surface area contributed by atoms with Crippen LogP contribution in [0.25, 0.3) is 0 Å². The molecule has 4 nitrogen and oxygen atoms in total. The highest BCUT2D eigenvalue weighted by Gasteiger charge is 2.32. The smallest absolute Gasteiger partial charge is 0.410 e. The third-order valence-electron chi connectivity index (χ3n) is 4.69. The number of nitrogens with zero attached hydrogens (tertiary/aromatic N) is 1. The Hall–Kier alpha value is -2.14. The Balaban J connectivity index is 1.75. The van der Waals surface area contributed by atoms with Crippen molar-refractivity contribution in [3.8, 4) is 0 Å². The fourth-order valence-corrected chi connectivity index (χ4v) is 3.42. The molecule has 2 N–H and O–H groups in total. The quantitative estimate of drug-likeness (QED) is 0.621. The van der Waals surface area contributed by atoms with Crippen molar-refractivity contribution in [1.82, 2.24) is 4.90 Å². The number of piperidine rings is 1. The van der Waals surface area contributed by atoms with E-state index in [1.807, 2.05) is 53.4 Å². The number of benzene rings is 2. The molecule has 1 fully saturated rings. The van der Waals surface area contributed by atoms with E-state index >= 15 is 0 Å². The molecule has 1 heterocycles. The molecule has 0 unspecified atom stereocenters. The Morgan fingerprint density at radius 2 is 2.00 bits per heavy atom. The van der Waals surface area contributed by atoms with Crippen LogP contribution in [0, 0.1) is 5.92 Å². The fraction of sp³-hybridized carbons (Fsp3) is 0.350. The van der Waals surface area contributed by atoms with E-state index in [0.717, 1.165) is 28.9 Å². The number of hydrogen-bond acceptors (Lipinski definition) is 4. The predicted molar refractivity (Wildman–Crippen MR) is 103 cm³/mol. The number of nitrogen functional groups attached to an aromatic ring is 1. The zero-order valence-corrected chi connectivity index (χ0v) is 15.3. The van der Waals surface area contributed by atoms with E-state index in [1.165, 1.54) is 0 Å². The van der Waals surface area contributed by atoms with Gasteiger partial charge in [0, 0.05) is 17.1 Å². The van der Waals surface area contributed by atoms with E-state index in [-0.39, 0.29) is 18.7 Å². The molecule has 1 aliphatic rings. The van der Waals surface area contributed by atoms with Crippen molar-refractivity contribution in [1.29, 1.82) is 0 Å². The van der Waals surface area contributed by atoms with Gasteiger partial charge in [0.25, 0.3) is 0 Å². The maximum absolute atomic E-state index is 12.7. The van der Waals surface area contributed by atoms with Crippen LogP contribution in [0.1, 0.15) is 36.9 Å².